The van der Waals surface area contributed by atoms with Crippen LogP contribution in [-0.4, -0.2) is 66.7 Å². The minimum Gasteiger partial charge on any atom is -0.494 e. The molecule has 2 aliphatic heterocycles. The van der Waals surface area contributed by atoms with Crippen molar-refractivity contribution in [2.75, 3.05) is 49.6 Å². The Morgan fingerprint density at radius 2 is 1.89 bits per heavy atom. The first-order valence-electron chi connectivity index (χ1n) is 9.58. The Morgan fingerprint density at radius 3 is 2.61 bits per heavy atom. The lowest BCUT2D eigenvalue weighted by Gasteiger charge is -2.38. The highest BCUT2D eigenvalue weighted by Gasteiger charge is 2.36. The van der Waals surface area contributed by atoms with Crippen LogP contribution in [0.5, 0.6) is 5.75 Å². The van der Waals surface area contributed by atoms with Gasteiger partial charge in [0.05, 0.1) is 7.11 Å². The Kier molecular flexibility index (Phi) is 5.27. The Hall–Kier alpha value is -2.90. The minimum atomic E-state index is -0.371. The fourth-order valence-electron chi connectivity index (χ4n) is 3.94. The third-order valence-corrected chi connectivity index (χ3v) is 5.44. The van der Waals surface area contributed by atoms with Crippen molar-refractivity contribution < 1.29 is 13.9 Å². The number of ether oxygens (including phenoxy) is 1. The van der Waals surface area contributed by atoms with Gasteiger partial charge in [-0.3, -0.25) is 4.79 Å². The lowest BCUT2D eigenvalue weighted by atomic mass is 10.1. The molecule has 1 aromatic carbocycles. The average molecular weight is 385 g/mol. The summed E-state index contributed by atoms with van der Waals surface area (Å²) in [7, 11) is 1.46. The summed E-state index contributed by atoms with van der Waals surface area (Å²) >= 11 is 0. The molecule has 1 amide bonds. The molecule has 2 aromatic rings. The zero-order chi connectivity index (χ0) is 19.5. The molecule has 148 valence electrons. The quantitative estimate of drug-likeness (QED) is 0.802. The third-order valence-electron chi connectivity index (χ3n) is 5.44. The highest BCUT2D eigenvalue weighted by Crippen LogP contribution is 2.27. The van der Waals surface area contributed by atoms with Gasteiger partial charge in [-0.2, -0.15) is 0 Å². The van der Waals surface area contributed by atoms with Crippen LogP contribution >= 0.6 is 0 Å². The molecule has 8 heteroatoms. The molecule has 0 N–H and O–H groups in total. The molecule has 1 unspecified atom stereocenters. The maximum atomic E-state index is 13.6. The molecule has 0 saturated carbocycles. The number of aromatic nitrogens is 2. The lowest BCUT2D eigenvalue weighted by molar-refractivity contribution is -0.132. The number of hydrogen-bond acceptors (Lipinski definition) is 6. The Morgan fingerprint density at radius 1 is 1.14 bits per heavy atom. The molecule has 4 rings (SSSR count). The molecule has 0 bridgehead atoms. The molecular weight excluding hydrogens is 361 g/mol. The van der Waals surface area contributed by atoms with Gasteiger partial charge in [-0.1, -0.05) is 0 Å². The largest absolute Gasteiger partial charge is 0.494 e. The van der Waals surface area contributed by atoms with Gasteiger partial charge in [-0.25, -0.2) is 14.4 Å². The maximum Gasteiger partial charge on any atom is 0.245 e. The van der Waals surface area contributed by atoms with E-state index in [1.54, 1.807) is 30.6 Å². The van der Waals surface area contributed by atoms with Gasteiger partial charge in [0.25, 0.3) is 0 Å². The van der Waals surface area contributed by atoms with Gasteiger partial charge >= 0.3 is 0 Å². The molecule has 28 heavy (non-hydrogen) atoms. The van der Waals surface area contributed by atoms with Crippen molar-refractivity contribution in [1.82, 2.24) is 14.9 Å². The van der Waals surface area contributed by atoms with Crippen LogP contribution in [0.2, 0.25) is 0 Å². The topological polar surface area (TPSA) is 61.8 Å². The summed E-state index contributed by atoms with van der Waals surface area (Å²) in [5.74, 6) is 0.627. The van der Waals surface area contributed by atoms with Crippen LogP contribution in [0.1, 0.15) is 12.8 Å². The number of piperazine rings is 1. The molecule has 0 spiro atoms. The van der Waals surface area contributed by atoms with E-state index < -0.39 is 0 Å². The zero-order valence-electron chi connectivity index (χ0n) is 15.9. The zero-order valence-corrected chi connectivity index (χ0v) is 15.9. The normalized spacial score (nSPS) is 19.8. The van der Waals surface area contributed by atoms with Crippen molar-refractivity contribution in [3.63, 3.8) is 0 Å². The fraction of sp³-hybridized carbons (Fsp3) is 0.450. The van der Waals surface area contributed by atoms with Crippen molar-refractivity contribution in [3.8, 4) is 5.75 Å². The monoisotopic (exact) mass is 385 g/mol. The van der Waals surface area contributed by atoms with Crippen LogP contribution < -0.4 is 14.5 Å². The van der Waals surface area contributed by atoms with Crippen molar-refractivity contribution in [2.45, 2.75) is 18.9 Å². The first-order valence-corrected chi connectivity index (χ1v) is 9.58. The number of carbonyl (C=O) groups is 1. The standard InChI is InChI=1S/C20H24FN5O2/c1-28-18-14-15(5-6-16(18)21)24-10-12-25(13-11-24)19(27)17-4-2-9-26(17)20-22-7-3-8-23-20/h3,5-8,14,17H,2,4,9-13H2,1H3. The number of nitrogens with zero attached hydrogens (tertiary/aromatic N) is 5. The van der Waals surface area contributed by atoms with Gasteiger partial charge < -0.3 is 19.4 Å². The maximum absolute atomic E-state index is 13.6. The third kappa shape index (κ3) is 3.58. The molecule has 3 heterocycles. The van der Waals surface area contributed by atoms with E-state index in [1.165, 1.54) is 13.2 Å². The second-order valence-corrected chi connectivity index (χ2v) is 7.03. The van der Waals surface area contributed by atoms with E-state index in [0.717, 1.165) is 25.1 Å². The van der Waals surface area contributed by atoms with Crippen molar-refractivity contribution >= 4 is 17.5 Å². The average Bonchev–Trinajstić information content (AvgIpc) is 3.24. The van der Waals surface area contributed by atoms with E-state index in [0.29, 0.717) is 32.1 Å². The molecule has 0 aliphatic carbocycles. The molecule has 2 aliphatic rings. The van der Waals surface area contributed by atoms with Gasteiger partial charge in [0.2, 0.25) is 11.9 Å². The first-order chi connectivity index (χ1) is 13.7. The molecule has 1 aromatic heterocycles. The van der Waals surface area contributed by atoms with Crippen molar-refractivity contribution in [1.29, 1.82) is 0 Å². The molecule has 1 atom stereocenters. The Balaban J connectivity index is 1.40. The summed E-state index contributed by atoms with van der Waals surface area (Å²) in [6.07, 6.45) is 5.20. The van der Waals surface area contributed by atoms with Crippen LogP contribution in [-0.2, 0) is 4.79 Å². The summed E-state index contributed by atoms with van der Waals surface area (Å²) < 4.78 is 18.7. The molecule has 7 nitrogen and oxygen atoms in total. The molecule has 0 radical (unpaired) electrons. The second kappa shape index (κ2) is 8.00. The lowest BCUT2D eigenvalue weighted by Crippen LogP contribution is -2.54. The van der Waals surface area contributed by atoms with Crippen LogP contribution in [0.4, 0.5) is 16.0 Å². The molecule has 2 fully saturated rings. The summed E-state index contributed by atoms with van der Waals surface area (Å²) in [6, 6.07) is 6.46. The Bertz CT molecular complexity index is 827. The van der Waals surface area contributed by atoms with Gasteiger partial charge in [-0.15, -0.1) is 0 Å². The summed E-state index contributed by atoms with van der Waals surface area (Å²) in [4.78, 5) is 27.8. The van der Waals surface area contributed by atoms with E-state index in [4.69, 9.17) is 4.74 Å². The van der Waals surface area contributed by atoms with Crippen LogP contribution in [0.15, 0.2) is 36.7 Å². The summed E-state index contributed by atoms with van der Waals surface area (Å²) in [5, 5.41) is 0. The summed E-state index contributed by atoms with van der Waals surface area (Å²) in [5.41, 5.74) is 0.908. The SMILES string of the molecule is COc1cc(N2CCN(C(=O)C3CCCN3c3ncccn3)CC2)ccc1F. The molecule has 2 saturated heterocycles. The van der Waals surface area contributed by atoms with E-state index in [9.17, 15) is 9.18 Å². The van der Waals surface area contributed by atoms with E-state index >= 15 is 0 Å². The number of rotatable bonds is 4. The predicted octanol–water partition coefficient (Wildman–Crippen LogP) is 1.94. The number of amides is 1. The number of anilines is 2. The number of carbonyl (C=O) groups excluding carboxylic acids is 1. The van der Waals surface area contributed by atoms with Gasteiger partial charge in [0.1, 0.15) is 6.04 Å². The van der Waals surface area contributed by atoms with Crippen molar-refractivity contribution in [3.05, 3.63) is 42.5 Å². The van der Waals surface area contributed by atoms with E-state index in [1.807, 2.05) is 9.80 Å². The van der Waals surface area contributed by atoms with Gasteiger partial charge in [0, 0.05) is 56.9 Å². The highest BCUT2D eigenvalue weighted by molar-refractivity contribution is 5.85. The number of methoxy groups -OCH3 is 1. The van der Waals surface area contributed by atoms with Crippen LogP contribution in [0.25, 0.3) is 0 Å². The minimum absolute atomic E-state index is 0.140. The number of halogens is 1. The fourth-order valence-corrected chi connectivity index (χ4v) is 3.94. The van der Waals surface area contributed by atoms with Crippen LogP contribution in [0.3, 0.4) is 0 Å². The molecular formula is C20H24FN5O2. The van der Waals surface area contributed by atoms with E-state index in [-0.39, 0.29) is 23.5 Å². The predicted molar refractivity (Wildman–Crippen MR) is 104 cm³/mol. The summed E-state index contributed by atoms with van der Waals surface area (Å²) in [6.45, 7) is 3.48. The number of benzene rings is 1. The Labute approximate surface area is 163 Å². The van der Waals surface area contributed by atoms with Crippen molar-refractivity contribution in [2.24, 2.45) is 0 Å². The first kappa shape index (κ1) is 18.5. The van der Waals surface area contributed by atoms with E-state index in [2.05, 4.69) is 14.9 Å². The van der Waals surface area contributed by atoms with Gasteiger partial charge in [0.15, 0.2) is 11.6 Å². The van der Waals surface area contributed by atoms with Crippen LogP contribution in [0, 0.1) is 5.82 Å². The highest BCUT2D eigenvalue weighted by atomic mass is 19.1. The smallest absolute Gasteiger partial charge is 0.245 e. The second-order valence-electron chi connectivity index (χ2n) is 7.03. The van der Waals surface area contributed by atoms with Gasteiger partial charge in [-0.05, 0) is 31.0 Å². The number of hydrogen-bond donors (Lipinski definition) is 0.